The molecule has 0 aromatic carbocycles. The van der Waals surface area contributed by atoms with Crippen molar-refractivity contribution < 1.29 is 10.0 Å². The molecule has 1 saturated carbocycles. The Kier molecular flexibility index (Phi) is 6.55. The number of nitrogens with one attached hydrogen (secondary N) is 2. The average Bonchev–Trinajstić information content (AvgIpc) is 2.97. The number of amides is 1. The van der Waals surface area contributed by atoms with Crippen LogP contribution in [0.3, 0.4) is 0 Å². The Balaban J connectivity index is 1.89. The van der Waals surface area contributed by atoms with Gasteiger partial charge in [0.2, 0.25) is 0 Å². The fourth-order valence-electron chi connectivity index (χ4n) is 4.56. The van der Waals surface area contributed by atoms with Gasteiger partial charge in [0.05, 0.1) is 10.7 Å². The van der Waals surface area contributed by atoms with E-state index >= 15 is 0 Å². The molecule has 180 valence electrons. The Morgan fingerprint density at radius 2 is 2.03 bits per heavy atom. The van der Waals surface area contributed by atoms with Gasteiger partial charge in [0.25, 0.3) is 5.91 Å². The van der Waals surface area contributed by atoms with E-state index in [0.717, 1.165) is 24.1 Å². The molecule has 9 nitrogen and oxygen atoms in total. The van der Waals surface area contributed by atoms with Gasteiger partial charge in [-0.25, -0.2) is 9.78 Å². The van der Waals surface area contributed by atoms with E-state index < -0.39 is 5.91 Å². The molecule has 2 atom stereocenters. The average molecular weight is 458 g/mol. The molecule has 1 aliphatic rings. The SMILES string of the molecule is C/C(=N/[OH2+])C(=N)C(=O)NC1CC(c2ccc3c(n2)n(C)c(=O)n3CC(C)(C)C)CCC1(C)C. The van der Waals surface area contributed by atoms with Gasteiger partial charge in [-0.3, -0.25) is 19.3 Å². The van der Waals surface area contributed by atoms with Crippen LogP contribution >= 0.6 is 0 Å². The van der Waals surface area contributed by atoms with E-state index in [1.165, 1.54) is 6.92 Å². The quantitative estimate of drug-likeness (QED) is 0.407. The highest BCUT2D eigenvalue weighted by Crippen LogP contribution is 2.42. The van der Waals surface area contributed by atoms with Crippen molar-refractivity contribution in [2.24, 2.45) is 23.0 Å². The summed E-state index contributed by atoms with van der Waals surface area (Å²) in [5.41, 5.74) is 2.00. The third kappa shape index (κ3) is 5.02. The molecular formula is C24H37N6O3+. The number of pyridine rings is 1. The Hall–Kier alpha value is -2.97. The molecule has 4 N–H and O–H groups in total. The maximum absolute atomic E-state index is 12.9. The minimum atomic E-state index is -0.507. The lowest BCUT2D eigenvalue weighted by molar-refractivity contribution is -0.116. The van der Waals surface area contributed by atoms with Crippen LogP contribution < -0.4 is 11.0 Å². The van der Waals surface area contributed by atoms with Crippen LogP contribution in [-0.2, 0) is 18.4 Å². The molecule has 3 rings (SSSR count). The highest BCUT2D eigenvalue weighted by Gasteiger charge is 2.39. The zero-order valence-electron chi connectivity index (χ0n) is 20.7. The summed E-state index contributed by atoms with van der Waals surface area (Å²) in [5, 5.41) is 21.2. The molecule has 1 amide bonds. The monoisotopic (exact) mass is 457 g/mol. The number of carbonyl (C=O) groups is 1. The first kappa shape index (κ1) is 24.7. The van der Waals surface area contributed by atoms with Crippen LogP contribution in [0, 0.1) is 16.2 Å². The molecule has 33 heavy (non-hydrogen) atoms. The maximum Gasteiger partial charge on any atom is 0.330 e. The van der Waals surface area contributed by atoms with Gasteiger partial charge in [0.15, 0.2) is 11.4 Å². The van der Waals surface area contributed by atoms with Gasteiger partial charge in [-0.2, -0.15) is 0 Å². The van der Waals surface area contributed by atoms with Gasteiger partial charge in [0, 0.05) is 31.2 Å². The van der Waals surface area contributed by atoms with E-state index in [0.29, 0.717) is 18.6 Å². The molecule has 2 heterocycles. The van der Waals surface area contributed by atoms with Crippen molar-refractivity contribution in [3.63, 3.8) is 0 Å². The molecule has 0 bridgehead atoms. The summed E-state index contributed by atoms with van der Waals surface area (Å²) < 4.78 is 3.40. The lowest BCUT2D eigenvalue weighted by Gasteiger charge is -2.42. The number of fused-ring (bicyclic) bond motifs is 1. The van der Waals surface area contributed by atoms with Crippen molar-refractivity contribution in [2.45, 2.75) is 79.3 Å². The van der Waals surface area contributed by atoms with Crippen LogP contribution in [0.1, 0.15) is 72.4 Å². The van der Waals surface area contributed by atoms with Gasteiger partial charge in [-0.15, -0.1) is 0 Å². The van der Waals surface area contributed by atoms with Crippen molar-refractivity contribution >= 4 is 28.5 Å². The molecule has 1 fully saturated rings. The van der Waals surface area contributed by atoms with Gasteiger partial charge < -0.3 is 10.5 Å². The topological polar surface area (TPSA) is 128 Å². The summed E-state index contributed by atoms with van der Waals surface area (Å²) in [4.78, 5) is 30.3. The molecule has 2 unspecified atom stereocenters. The zero-order chi connectivity index (χ0) is 24.7. The predicted molar refractivity (Wildman–Crippen MR) is 131 cm³/mol. The van der Waals surface area contributed by atoms with Crippen molar-refractivity contribution in [2.75, 3.05) is 0 Å². The Bertz CT molecular complexity index is 1170. The molecule has 0 aliphatic heterocycles. The zero-order valence-corrected chi connectivity index (χ0v) is 20.7. The summed E-state index contributed by atoms with van der Waals surface area (Å²) in [6.07, 6.45) is 2.52. The molecule has 2 aromatic rings. The van der Waals surface area contributed by atoms with Crippen molar-refractivity contribution in [3.05, 3.63) is 28.3 Å². The van der Waals surface area contributed by atoms with Crippen LogP contribution in [0.25, 0.3) is 11.2 Å². The van der Waals surface area contributed by atoms with E-state index in [4.69, 9.17) is 15.6 Å². The first-order valence-electron chi connectivity index (χ1n) is 11.4. The first-order chi connectivity index (χ1) is 15.2. The number of aromatic nitrogens is 3. The Morgan fingerprint density at radius 3 is 2.64 bits per heavy atom. The van der Waals surface area contributed by atoms with E-state index in [9.17, 15) is 9.59 Å². The summed E-state index contributed by atoms with van der Waals surface area (Å²) in [7, 11) is 1.76. The third-order valence-electron chi connectivity index (χ3n) is 6.72. The van der Waals surface area contributed by atoms with Crippen LogP contribution in [0.4, 0.5) is 0 Å². The highest BCUT2D eigenvalue weighted by molar-refractivity contribution is 6.65. The number of nitrogens with zero attached hydrogens (tertiary/aromatic N) is 4. The van der Waals surface area contributed by atoms with Gasteiger partial charge >= 0.3 is 5.69 Å². The van der Waals surface area contributed by atoms with Gasteiger partial charge in [-0.05, 0) is 49.1 Å². The number of imidazole rings is 1. The third-order valence-corrected chi connectivity index (χ3v) is 6.72. The summed E-state index contributed by atoms with van der Waals surface area (Å²) in [6, 6.07) is 3.85. The summed E-state index contributed by atoms with van der Waals surface area (Å²) in [5.74, 6) is -0.374. The smallest absolute Gasteiger partial charge is 0.330 e. The Morgan fingerprint density at radius 1 is 1.36 bits per heavy atom. The minimum absolute atomic E-state index is 0.0338. The Labute approximate surface area is 194 Å². The fraction of sp³-hybridized carbons (Fsp3) is 0.625. The standard InChI is InChI=1S/C24H36N6O3/c1-14(28-33)19(25)21(31)27-18-12-15(10-11-24(18,5)6)16-8-9-17-20(26-16)29(7)22(32)30(17)13-23(2,3)4/h8-9,15,18,25,33H,10-13H2,1-7H3,(H,27,31)/p+1/b25-19?,28-14-. The largest absolute Gasteiger partial charge is 0.469 e. The van der Waals surface area contributed by atoms with Crippen LogP contribution in [0.2, 0.25) is 0 Å². The number of aryl methyl sites for hydroxylation is 1. The molecule has 0 radical (unpaired) electrons. The number of carbonyl (C=O) groups excluding carboxylic acids is 1. The first-order valence-corrected chi connectivity index (χ1v) is 11.4. The van der Waals surface area contributed by atoms with Crippen molar-refractivity contribution in [1.29, 1.82) is 5.41 Å². The van der Waals surface area contributed by atoms with E-state index in [2.05, 4.69) is 45.1 Å². The molecule has 0 saturated heterocycles. The molecule has 1 aliphatic carbocycles. The highest BCUT2D eigenvalue weighted by atomic mass is 16.4. The fourth-order valence-corrected chi connectivity index (χ4v) is 4.56. The molecule has 0 spiro atoms. The number of hydrogen-bond donors (Lipinski definition) is 2. The number of rotatable bonds is 5. The lowest BCUT2D eigenvalue weighted by Crippen LogP contribution is -2.51. The predicted octanol–water partition coefficient (Wildman–Crippen LogP) is 2.68. The van der Waals surface area contributed by atoms with E-state index in [1.54, 1.807) is 16.2 Å². The van der Waals surface area contributed by atoms with Crippen LogP contribution in [0.5, 0.6) is 0 Å². The van der Waals surface area contributed by atoms with E-state index in [1.807, 2.05) is 12.1 Å². The second-order valence-corrected chi connectivity index (χ2v) is 11.1. The molecular weight excluding hydrogens is 420 g/mol. The summed E-state index contributed by atoms with van der Waals surface area (Å²) >= 11 is 0. The minimum Gasteiger partial charge on any atom is -0.469 e. The van der Waals surface area contributed by atoms with E-state index in [-0.39, 0.29) is 39.9 Å². The molecule has 9 heteroatoms. The van der Waals surface area contributed by atoms with Crippen molar-refractivity contribution in [3.8, 4) is 0 Å². The van der Waals surface area contributed by atoms with Gasteiger partial charge in [0.1, 0.15) is 5.71 Å². The van der Waals surface area contributed by atoms with Crippen LogP contribution in [-0.4, -0.2) is 42.7 Å². The maximum atomic E-state index is 12.9. The lowest BCUT2D eigenvalue weighted by atomic mass is 9.68. The number of hydrogen-bond acceptors (Lipinski definition) is 5. The summed E-state index contributed by atoms with van der Waals surface area (Å²) in [6.45, 7) is 12.7. The second kappa shape index (κ2) is 8.76. The van der Waals surface area contributed by atoms with Crippen LogP contribution in [0.15, 0.2) is 22.1 Å². The molecule has 2 aromatic heterocycles. The second-order valence-electron chi connectivity index (χ2n) is 11.1. The van der Waals surface area contributed by atoms with Crippen molar-refractivity contribution in [1.82, 2.24) is 19.4 Å². The van der Waals surface area contributed by atoms with Gasteiger partial charge in [-0.1, -0.05) is 34.6 Å². The normalized spacial score (nSPS) is 21.2.